The number of anilines is 1. The highest BCUT2D eigenvalue weighted by molar-refractivity contribution is 7.92. The summed E-state index contributed by atoms with van der Waals surface area (Å²) >= 11 is 0. The van der Waals surface area contributed by atoms with E-state index in [0.29, 0.717) is 12.1 Å². The minimum atomic E-state index is -3.69. The van der Waals surface area contributed by atoms with Crippen molar-refractivity contribution >= 4 is 21.7 Å². The summed E-state index contributed by atoms with van der Waals surface area (Å²) in [6.45, 7) is 5.71. The number of carboxylic acids is 1. The highest BCUT2D eigenvalue weighted by Gasteiger charge is 2.18. The first-order valence-electron chi connectivity index (χ1n) is 9.68. The van der Waals surface area contributed by atoms with Gasteiger partial charge in [-0.05, 0) is 91.8 Å². The van der Waals surface area contributed by atoms with E-state index in [1.54, 1.807) is 36.4 Å². The third kappa shape index (κ3) is 4.89. The van der Waals surface area contributed by atoms with E-state index in [2.05, 4.69) is 4.72 Å². The third-order valence-electron chi connectivity index (χ3n) is 5.38. The van der Waals surface area contributed by atoms with Crippen LogP contribution in [0, 0.1) is 20.8 Å². The van der Waals surface area contributed by atoms with E-state index in [1.807, 2.05) is 45.0 Å². The molecule has 0 heterocycles. The fourth-order valence-electron chi connectivity index (χ4n) is 3.33. The molecule has 3 aromatic rings. The Morgan fingerprint density at radius 2 is 1.53 bits per heavy atom. The fourth-order valence-corrected chi connectivity index (χ4v) is 4.68. The normalized spacial score (nSPS) is 11.3. The SMILES string of the molecule is Cc1ccc(S(=O)(=O)Nc2cccc(CCc3ccc(C(=O)O)cc3)c2)c(C)c1C. The summed E-state index contributed by atoms with van der Waals surface area (Å²) in [6.07, 6.45) is 1.44. The number of hydrogen-bond acceptors (Lipinski definition) is 3. The lowest BCUT2D eigenvalue weighted by Gasteiger charge is -2.14. The van der Waals surface area contributed by atoms with Gasteiger partial charge in [-0.2, -0.15) is 0 Å². The second kappa shape index (κ2) is 8.71. The summed E-state index contributed by atoms with van der Waals surface area (Å²) in [6, 6.07) is 17.6. The van der Waals surface area contributed by atoms with Crippen LogP contribution in [0.4, 0.5) is 5.69 Å². The molecule has 0 radical (unpaired) electrons. The number of hydrogen-bond donors (Lipinski definition) is 2. The highest BCUT2D eigenvalue weighted by Crippen LogP contribution is 2.24. The van der Waals surface area contributed by atoms with Gasteiger partial charge in [-0.1, -0.05) is 30.3 Å². The van der Waals surface area contributed by atoms with E-state index >= 15 is 0 Å². The second-order valence-electron chi connectivity index (χ2n) is 7.44. The van der Waals surface area contributed by atoms with Crippen molar-refractivity contribution < 1.29 is 18.3 Å². The summed E-state index contributed by atoms with van der Waals surface area (Å²) in [5.41, 5.74) is 5.59. The number of aromatic carboxylic acids is 1. The Kier molecular flexibility index (Phi) is 6.27. The zero-order valence-electron chi connectivity index (χ0n) is 17.3. The van der Waals surface area contributed by atoms with E-state index in [1.165, 1.54) is 0 Å². The highest BCUT2D eigenvalue weighted by atomic mass is 32.2. The summed E-state index contributed by atoms with van der Waals surface area (Å²) in [4.78, 5) is 11.2. The smallest absolute Gasteiger partial charge is 0.335 e. The van der Waals surface area contributed by atoms with Crippen LogP contribution in [-0.2, 0) is 22.9 Å². The van der Waals surface area contributed by atoms with Crippen LogP contribution in [-0.4, -0.2) is 19.5 Å². The minimum Gasteiger partial charge on any atom is -0.478 e. The summed E-state index contributed by atoms with van der Waals surface area (Å²) in [7, 11) is -3.69. The number of aryl methyl sites for hydroxylation is 3. The number of nitrogens with one attached hydrogen (secondary N) is 1. The monoisotopic (exact) mass is 423 g/mol. The van der Waals surface area contributed by atoms with Crippen molar-refractivity contribution in [3.8, 4) is 0 Å². The van der Waals surface area contributed by atoms with Crippen LogP contribution < -0.4 is 4.72 Å². The minimum absolute atomic E-state index is 0.261. The van der Waals surface area contributed by atoms with E-state index in [-0.39, 0.29) is 10.5 Å². The molecule has 6 heteroatoms. The van der Waals surface area contributed by atoms with E-state index in [9.17, 15) is 13.2 Å². The molecule has 5 nitrogen and oxygen atoms in total. The lowest BCUT2D eigenvalue weighted by Crippen LogP contribution is -2.15. The van der Waals surface area contributed by atoms with Crippen LogP contribution in [0.2, 0.25) is 0 Å². The molecule has 0 bridgehead atoms. The van der Waals surface area contributed by atoms with Crippen molar-refractivity contribution in [3.05, 3.63) is 94.0 Å². The molecule has 0 saturated heterocycles. The molecule has 0 atom stereocenters. The van der Waals surface area contributed by atoms with E-state index < -0.39 is 16.0 Å². The first-order chi connectivity index (χ1) is 14.2. The molecule has 0 aliphatic rings. The molecule has 0 aliphatic heterocycles. The molecule has 0 fully saturated rings. The number of sulfonamides is 1. The Hall–Kier alpha value is -3.12. The number of carbonyl (C=O) groups is 1. The Labute approximate surface area is 177 Å². The topological polar surface area (TPSA) is 83.5 Å². The van der Waals surface area contributed by atoms with Gasteiger partial charge in [0.15, 0.2) is 0 Å². The molecule has 0 aromatic heterocycles. The standard InChI is InChI=1S/C24H25NO4S/c1-16-7-14-23(18(3)17(16)2)30(28,29)25-22-6-4-5-20(15-22)9-8-19-10-12-21(13-11-19)24(26)27/h4-7,10-15,25H,8-9H2,1-3H3,(H,26,27). The molecule has 0 amide bonds. The summed E-state index contributed by atoms with van der Waals surface area (Å²) < 4.78 is 28.5. The van der Waals surface area contributed by atoms with Gasteiger partial charge < -0.3 is 5.11 Å². The van der Waals surface area contributed by atoms with E-state index in [4.69, 9.17) is 5.11 Å². The summed E-state index contributed by atoms with van der Waals surface area (Å²) in [5, 5.41) is 8.98. The molecular weight excluding hydrogens is 398 g/mol. The van der Waals surface area contributed by atoms with Crippen LogP contribution in [0.25, 0.3) is 0 Å². The van der Waals surface area contributed by atoms with Crippen LogP contribution in [0.1, 0.15) is 38.2 Å². The predicted molar refractivity (Wildman–Crippen MR) is 119 cm³/mol. The molecule has 3 rings (SSSR count). The third-order valence-corrected chi connectivity index (χ3v) is 6.91. The van der Waals surface area contributed by atoms with Crippen molar-refractivity contribution in [1.82, 2.24) is 0 Å². The average Bonchev–Trinajstić information content (AvgIpc) is 2.70. The van der Waals surface area contributed by atoms with Crippen molar-refractivity contribution in [2.45, 2.75) is 38.5 Å². The molecule has 3 aromatic carbocycles. The van der Waals surface area contributed by atoms with Crippen LogP contribution in [0.15, 0.2) is 65.6 Å². The molecule has 2 N–H and O–H groups in total. The van der Waals surface area contributed by atoms with Gasteiger partial charge in [-0.25, -0.2) is 13.2 Å². The zero-order valence-corrected chi connectivity index (χ0v) is 18.1. The predicted octanol–water partition coefficient (Wildman–Crippen LogP) is 4.90. The average molecular weight is 424 g/mol. The molecule has 30 heavy (non-hydrogen) atoms. The largest absolute Gasteiger partial charge is 0.478 e. The summed E-state index contributed by atoms with van der Waals surface area (Å²) in [5.74, 6) is -0.944. The van der Waals surface area contributed by atoms with Gasteiger partial charge in [0.1, 0.15) is 0 Å². The van der Waals surface area contributed by atoms with Gasteiger partial charge in [0.25, 0.3) is 10.0 Å². The first kappa shape index (κ1) is 21.6. The van der Waals surface area contributed by atoms with Crippen LogP contribution >= 0.6 is 0 Å². The van der Waals surface area contributed by atoms with Gasteiger partial charge in [-0.3, -0.25) is 4.72 Å². The second-order valence-corrected chi connectivity index (χ2v) is 9.09. The Morgan fingerprint density at radius 3 is 2.20 bits per heavy atom. The maximum Gasteiger partial charge on any atom is 0.335 e. The molecular formula is C24H25NO4S. The number of rotatable bonds is 7. The zero-order chi connectivity index (χ0) is 21.9. The van der Waals surface area contributed by atoms with Crippen molar-refractivity contribution in [2.75, 3.05) is 4.72 Å². The Balaban J connectivity index is 1.74. The maximum atomic E-state index is 12.9. The van der Waals surface area contributed by atoms with Crippen molar-refractivity contribution in [2.24, 2.45) is 0 Å². The molecule has 0 unspecified atom stereocenters. The van der Waals surface area contributed by atoms with Gasteiger partial charge in [0.2, 0.25) is 0 Å². The first-order valence-corrected chi connectivity index (χ1v) is 11.2. The quantitative estimate of drug-likeness (QED) is 0.566. The lowest BCUT2D eigenvalue weighted by molar-refractivity contribution is 0.0697. The van der Waals surface area contributed by atoms with Gasteiger partial charge in [0, 0.05) is 5.69 Å². The van der Waals surface area contributed by atoms with Crippen molar-refractivity contribution in [3.63, 3.8) is 0 Å². The number of carboxylic acid groups (broad SMARTS) is 1. The van der Waals surface area contributed by atoms with Gasteiger partial charge in [0.05, 0.1) is 10.5 Å². The van der Waals surface area contributed by atoms with Gasteiger partial charge >= 0.3 is 5.97 Å². The Bertz CT molecular complexity index is 1180. The molecule has 0 saturated carbocycles. The molecule has 0 spiro atoms. The fraction of sp³-hybridized carbons (Fsp3) is 0.208. The van der Waals surface area contributed by atoms with Crippen molar-refractivity contribution in [1.29, 1.82) is 0 Å². The number of benzene rings is 3. The molecule has 0 aliphatic carbocycles. The molecule has 156 valence electrons. The lowest BCUT2D eigenvalue weighted by atomic mass is 10.0. The van der Waals surface area contributed by atoms with Crippen LogP contribution in [0.5, 0.6) is 0 Å². The van der Waals surface area contributed by atoms with E-state index in [0.717, 1.165) is 34.2 Å². The Morgan fingerprint density at radius 1 is 0.867 bits per heavy atom. The van der Waals surface area contributed by atoms with Crippen LogP contribution in [0.3, 0.4) is 0 Å². The van der Waals surface area contributed by atoms with Gasteiger partial charge in [-0.15, -0.1) is 0 Å². The maximum absolute atomic E-state index is 12.9.